The first-order valence-corrected chi connectivity index (χ1v) is 9.81. The van der Waals surface area contributed by atoms with Gasteiger partial charge in [-0.3, -0.25) is 9.00 Å². The number of furan rings is 1. The highest BCUT2D eigenvalue weighted by molar-refractivity contribution is 7.92. The molecule has 0 saturated heterocycles. The van der Waals surface area contributed by atoms with Crippen molar-refractivity contribution < 1.29 is 30.6 Å². The van der Waals surface area contributed by atoms with E-state index in [0.29, 0.717) is 0 Å². The SMILES string of the molecule is NC(=O)C[S@](=O)c1oc(-c2ccco2)nc1S(=O)(=O)c1ccc(F)cc1. The zero-order valence-corrected chi connectivity index (χ0v) is 14.6. The van der Waals surface area contributed by atoms with E-state index >= 15 is 0 Å². The van der Waals surface area contributed by atoms with Gasteiger partial charge >= 0.3 is 0 Å². The van der Waals surface area contributed by atoms with Gasteiger partial charge < -0.3 is 14.6 Å². The van der Waals surface area contributed by atoms with Crippen molar-refractivity contribution in [1.82, 2.24) is 4.98 Å². The van der Waals surface area contributed by atoms with Crippen LogP contribution in [0, 0.1) is 5.82 Å². The fraction of sp³-hybridized carbons (Fsp3) is 0.0667. The average molecular weight is 398 g/mol. The van der Waals surface area contributed by atoms with E-state index in [1.54, 1.807) is 0 Å². The normalized spacial score (nSPS) is 12.8. The molecule has 3 rings (SSSR count). The van der Waals surface area contributed by atoms with Crippen molar-refractivity contribution in [3.05, 3.63) is 48.5 Å². The zero-order valence-electron chi connectivity index (χ0n) is 12.9. The summed E-state index contributed by atoms with van der Waals surface area (Å²) in [5, 5.41) is -1.20. The largest absolute Gasteiger partial charge is 0.459 e. The Bertz CT molecular complexity index is 1070. The Balaban J connectivity index is 2.16. The van der Waals surface area contributed by atoms with Crippen LogP contribution in [0.3, 0.4) is 0 Å². The topological polar surface area (TPSA) is 133 Å². The fourth-order valence-electron chi connectivity index (χ4n) is 2.03. The second kappa shape index (κ2) is 6.84. The van der Waals surface area contributed by atoms with Gasteiger partial charge in [0.2, 0.25) is 25.9 Å². The molecule has 0 fully saturated rings. The van der Waals surface area contributed by atoms with Crippen molar-refractivity contribution in [3.63, 3.8) is 0 Å². The minimum Gasteiger partial charge on any atom is -0.459 e. The van der Waals surface area contributed by atoms with Crippen LogP contribution < -0.4 is 5.73 Å². The first-order chi connectivity index (χ1) is 12.3. The Labute approximate surface area is 149 Å². The molecular formula is C15H11FN2O6S2. The number of oxazole rings is 1. The molecule has 0 unspecified atom stereocenters. The highest BCUT2D eigenvalue weighted by Gasteiger charge is 2.32. The van der Waals surface area contributed by atoms with E-state index < -0.39 is 48.2 Å². The van der Waals surface area contributed by atoms with Crippen LogP contribution in [-0.2, 0) is 25.4 Å². The van der Waals surface area contributed by atoms with Gasteiger partial charge in [-0.2, -0.15) is 4.98 Å². The van der Waals surface area contributed by atoms with E-state index in [0.717, 1.165) is 24.3 Å². The van der Waals surface area contributed by atoms with Crippen molar-refractivity contribution in [3.8, 4) is 11.7 Å². The third kappa shape index (κ3) is 3.44. The summed E-state index contributed by atoms with van der Waals surface area (Å²) in [5.41, 5.74) is 5.02. The average Bonchev–Trinajstić information content (AvgIpc) is 3.24. The summed E-state index contributed by atoms with van der Waals surface area (Å²) < 4.78 is 61.4. The molecule has 0 aliphatic carbocycles. The lowest BCUT2D eigenvalue weighted by Crippen LogP contribution is -2.20. The molecule has 2 N–H and O–H groups in total. The molecule has 2 aromatic heterocycles. The number of sulfone groups is 1. The van der Waals surface area contributed by atoms with E-state index in [2.05, 4.69) is 4.98 Å². The number of halogens is 1. The summed E-state index contributed by atoms with van der Waals surface area (Å²) in [6.07, 6.45) is 1.31. The number of carbonyl (C=O) groups excluding carboxylic acids is 1. The van der Waals surface area contributed by atoms with Gasteiger partial charge in [0.1, 0.15) is 22.4 Å². The Morgan fingerprint density at radius 1 is 1.23 bits per heavy atom. The lowest BCUT2D eigenvalue weighted by molar-refractivity contribution is -0.115. The smallest absolute Gasteiger partial charge is 0.265 e. The lowest BCUT2D eigenvalue weighted by atomic mass is 10.4. The number of rotatable bonds is 6. The van der Waals surface area contributed by atoms with E-state index in [9.17, 15) is 21.8 Å². The molecule has 8 nitrogen and oxygen atoms in total. The van der Waals surface area contributed by atoms with Crippen LogP contribution in [0.1, 0.15) is 0 Å². The van der Waals surface area contributed by atoms with Gasteiger partial charge in [0.25, 0.3) is 5.89 Å². The van der Waals surface area contributed by atoms with Gasteiger partial charge in [0, 0.05) is 0 Å². The molecule has 11 heteroatoms. The molecule has 3 aromatic rings. The summed E-state index contributed by atoms with van der Waals surface area (Å²) in [6.45, 7) is 0. The maximum atomic E-state index is 13.1. The molecule has 0 aliphatic rings. The van der Waals surface area contributed by atoms with Crippen LogP contribution in [-0.4, -0.2) is 29.3 Å². The Kier molecular flexibility index (Phi) is 4.74. The van der Waals surface area contributed by atoms with Crippen molar-refractivity contribution in [2.24, 2.45) is 5.73 Å². The van der Waals surface area contributed by atoms with Gasteiger partial charge in [-0.1, -0.05) is 0 Å². The van der Waals surface area contributed by atoms with E-state index in [4.69, 9.17) is 14.6 Å². The van der Waals surface area contributed by atoms with Crippen molar-refractivity contribution in [2.75, 3.05) is 5.75 Å². The number of carbonyl (C=O) groups is 1. The maximum Gasteiger partial charge on any atom is 0.265 e. The molecule has 2 heterocycles. The first kappa shape index (κ1) is 18.0. The molecule has 0 saturated carbocycles. The van der Waals surface area contributed by atoms with Crippen molar-refractivity contribution in [1.29, 1.82) is 0 Å². The molecule has 0 radical (unpaired) electrons. The number of aromatic nitrogens is 1. The van der Waals surface area contributed by atoms with Gasteiger partial charge in [-0.15, -0.1) is 0 Å². The summed E-state index contributed by atoms with van der Waals surface area (Å²) in [7, 11) is -6.48. The summed E-state index contributed by atoms with van der Waals surface area (Å²) in [5.74, 6) is -2.33. The Morgan fingerprint density at radius 3 is 2.50 bits per heavy atom. The summed E-state index contributed by atoms with van der Waals surface area (Å²) >= 11 is 0. The number of nitrogens with zero attached hydrogens (tertiary/aromatic N) is 1. The Hall–Kier alpha value is -2.79. The Morgan fingerprint density at radius 2 is 1.92 bits per heavy atom. The third-order valence-electron chi connectivity index (χ3n) is 3.16. The van der Waals surface area contributed by atoms with Crippen molar-refractivity contribution in [2.45, 2.75) is 15.0 Å². The number of hydrogen-bond donors (Lipinski definition) is 1. The number of nitrogens with two attached hydrogens (primary N) is 1. The van der Waals surface area contributed by atoms with Crippen LogP contribution in [0.2, 0.25) is 0 Å². The van der Waals surface area contributed by atoms with Gasteiger partial charge in [0.15, 0.2) is 5.76 Å². The zero-order chi connectivity index (χ0) is 18.9. The van der Waals surface area contributed by atoms with Crippen molar-refractivity contribution >= 4 is 26.5 Å². The molecule has 1 aromatic carbocycles. The molecule has 136 valence electrons. The van der Waals surface area contributed by atoms with E-state index in [1.807, 2.05) is 0 Å². The van der Waals surface area contributed by atoms with Crippen LogP contribution in [0.5, 0.6) is 0 Å². The maximum absolute atomic E-state index is 13.1. The highest BCUT2D eigenvalue weighted by Crippen LogP contribution is 2.31. The number of amides is 1. The second-order valence-electron chi connectivity index (χ2n) is 5.00. The van der Waals surface area contributed by atoms with E-state index in [-0.39, 0.29) is 16.5 Å². The molecule has 0 aliphatic heterocycles. The molecule has 1 atom stereocenters. The lowest BCUT2D eigenvalue weighted by Gasteiger charge is -2.03. The van der Waals surface area contributed by atoms with Gasteiger partial charge in [-0.05, 0) is 36.4 Å². The number of benzene rings is 1. The van der Waals surface area contributed by atoms with Crippen LogP contribution in [0.4, 0.5) is 4.39 Å². The molecular weight excluding hydrogens is 387 g/mol. The third-order valence-corrected chi connectivity index (χ3v) is 6.20. The van der Waals surface area contributed by atoms with Crippen LogP contribution >= 0.6 is 0 Å². The molecule has 26 heavy (non-hydrogen) atoms. The minimum absolute atomic E-state index is 0.0999. The van der Waals surface area contributed by atoms with Gasteiger partial charge in [0.05, 0.1) is 11.2 Å². The monoisotopic (exact) mass is 398 g/mol. The fourth-order valence-corrected chi connectivity index (χ4v) is 4.62. The summed E-state index contributed by atoms with van der Waals surface area (Å²) in [4.78, 5) is 14.6. The number of primary amides is 1. The highest BCUT2D eigenvalue weighted by atomic mass is 32.2. The predicted octanol–water partition coefficient (Wildman–Crippen LogP) is 1.50. The predicted molar refractivity (Wildman–Crippen MR) is 86.5 cm³/mol. The van der Waals surface area contributed by atoms with Crippen LogP contribution in [0.15, 0.2) is 66.5 Å². The summed E-state index contributed by atoms with van der Waals surface area (Å²) in [6, 6.07) is 6.97. The minimum atomic E-state index is -4.30. The molecule has 1 amide bonds. The first-order valence-electron chi connectivity index (χ1n) is 7.01. The van der Waals surface area contributed by atoms with Crippen LogP contribution in [0.25, 0.3) is 11.7 Å². The van der Waals surface area contributed by atoms with E-state index in [1.165, 1.54) is 18.4 Å². The molecule has 0 bridgehead atoms. The molecule has 0 spiro atoms. The van der Waals surface area contributed by atoms with Gasteiger partial charge in [-0.25, -0.2) is 12.8 Å². The second-order valence-corrected chi connectivity index (χ2v) is 8.22. The number of hydrogen-bond acceptors (Lipinski definition) is 7. The quantitative estimate of drug-likeness (QED) is 0.622. The standard InChI is InChI=1S/C15H11FN2O6S2/c16-9-3-5-10(6-4-9)26(21,22)14-15(25(20)8-12(17)19)24-13(18-14)11-2-1-7-23-11/h1-7H,8H2,(H2,17,19)/t25-/m0/s1.